The minimum Gasteiger partial charge on any atom is -0.476 e. The number of aromatic nitrogens is 1. The third kappa shape index (κ3) is 3.25. The van der Waals surface area contributed by atoms with Crippen molar-refractivity contribution in [1.82, 2.24) is 9.88 Å². The van der Waals surface area contributed by atoms with Crippen LogP contribution < -0.4 is 10.5 Å². The van der Waals surface area contributed by atoms with E-state index in [4.69, 9.17) is 22.1 Å². The van der Waals surface area contributed by atoms with Crippen LogP contribution in [-0.4, -0.2) is 36.1 Å². The van der Waals surface area contributed by atoms with Gasteiger partial charge in [0.05, 0.1) is 0 Å². The Balaban J connectivity index is 1.80. The van der Waals surface area contributed by atoms with Crippen LogP contribution in [0, 0.1) is 0 Å². The van der Waals surface area contributed by atoms with Crippen molar-refractivity contribution in [2.45, 2.75) is 12.8 Å². The van der Waals surface area contributed by atoms with Crippen LogP contribution in [0.2, 0.25) is 5.15 Å². The van der Waals surface area contributed by atoms with Gasteiger partial charge in [0.15, 0.2) is 0 Å². The Hall–Kier alpha value is -1.00. The molecule has 1 aromatic rings. The van der Waals surface area contributed by atoms with E-state index in [1.807, 2.05) is 0 Å². The Morgan fingerprint density at radius 3 is 2.81 bits per heavy atom. The molecule has 0 radical (unpaired) electrons. The van der Waals surface area contributed by atoms with Crippen molar-refractivity contribution in [2.24, 2.45) is 0 Å². The maximum absolute atomic E-state index is 5.77. The average Bonchev–Trinajstić information content (AvgIpc) is 2.69. The summed E-state index contributed by atoms with van der Waals surface area (Å²) in [5.74, 6) is 0.504. The summed E-state index contributed by atoms with van der Waals surface area (Å²) in [6, 6.07) is 3.30. The van der Waals surface area contributed by atoms with Gasteiger partial charge in [0.2, 0.25) is 5.88 Å². The Bertz CT molecular complexity index is 333. The van der Waals surface area contributed by atoms with Gasteiger partial charge in [-0.25, -0.2) is 4.98 Å². The number of rotatable bonds is 4. The van der Waals surface area contributed by atoms with Crippen LogP contribution in [0.5, 0.6) is 5.88 Å². The van der Waals surface area contributed by atoms with Crippen LogP contribution in [0.15, 0.2) is 12.1 Å². The van der Waals surface area contributed by atoms with E-state index in [9.17, 15) is 0 Å². The molecular weight excluding hydrogens is 226 g/mol. The summed E-state index contributed by atoms with van der Waals surface area (Å²) < 4.78 is 5.51. The molecule has 4 nitrogen and oxygen atoms in total. The van der Waals surface area contributed by atoms with Gasteiger partial charge in [-0.1, -0.05) is 11.6 Å². The molecule has 2 rings (SSSR count). The van der Waals surface area contributed by atoms with Gasteiger partial charge in [-0.05, 0) is 32.0 Å². The van der Waals surface area contributed by atoms with Crippen LogP contribution in [0.25, 0.3) is 0 Å². The number of nitrogen functional groups attached to an aromatic ring is 1. The van der Waals surface area contributed by atoms with E-state index >= 15 is 0 Å². The smallest absolute Gasteiger partial charge is 0.216 e. The van der Waals surface area contributed by atoms with Crippen molar-refractivity contribution in [3.05, 3.63) is 17.3 Å². The summed E-state index contributed by atoms with van der Waals surface area (Å²) in [7, 11) is 0. The maximum atomic E-state index is 5.77. The van der Waals surface area contributed by atoms with Gasteiger partial charge in [-0.15, -0.1) is 0 Å². The van der Waals surface area contributed by atoms with E-state index in [2.05, 4.69) is 9.88 Å². The fourth-order valence-electron chi connectivity index (χ4n) is 1.85. The maximum Gasteiger partial charge on any atom is 0.216 e. The van der Waals surface area contributed by atoms with Gasteiger partial charge < -0.3 is 10.5 Å². The number of ether oxygens (including phenoxy) is 1. The van der Waals surface area contributed by atoms with Crippen molar-refractivity contribution in [3.8, 4) is 5.88 Å². The topological polar surface area (TPSA) is 51.4 Å². The molecule has 1 aromatic heterocycles. The lowest BCUT2D eigenvalue weighted by Crippen LogP contribution is -2.25. The summed E-state index contributed by atoms with van der Waals surface area (Å²) >= 11 is 5.77. The first-order valence-corrected chi connectivity index (χ1v) is 5.90. The lowest BCUT2D eigenvalue weighted by molar-refractivity contribution is 0.232. The average molecular weight is 242 g/mol. The summed E-state index contributed by atoms with van der Waals surface area (Å²) in [5.41, 5.74) is 6.22. The largest absolute Gasteiger partial charge is 0.476 e. The van der Waals surface area contributed by atoms with Crippen molar-refractivity contribution < 1.29 is 4.74 Å². The zero-order chi connectivity index (χ0) is 11.4. The Labute approximate surface area is 100 Å². The van der Waals surface area contributed by atoms with Gasteiger partial charge in [0, 0.05) is 18.3 Å². The molecule has 0 atom stereocenters. The van der Waals surface area contributed by atoms with E-state index in [1.54, 1.807) is 12.1 Å². The Morgan fingerprint density at radius 1 is 1.38 bits per heavy atom. The summed E-state index contributed by atoms with van der Waals surface area (Å²) in [4.78, 5) is 6.43. The highest BCUT2D eigenvalue weighted by Crippen LogP contribution is 2.17. The SMILES string of the molecule is Nc1cc(Cl)nc(OCCN2CCCC2)c1. The predicted octanol–water partition coefficient (Wildman–Crippen LogP) is 1.79. The molecule has 88 valence electrons. The molecule has 1 fully saturated rings. The van der Waals surface area contributed by atoms with Crippen LogP contribution in [0.4, 0.5) is 5.69 Å². The van der Waals surface area contributed by atoms with Gasteiger partial charge >= 0.3 is 0 Å². The first kappa shape index (κ1) is 11.5. The lowest BCUT2D eigenvalue weighted by atomic mass is 10.4. The van der Waals surface area contributed by atoms with Gasteiger partial charge in [-0.3, -0.25) is 4.90 Å². The Kier molecular flexibility index (Phi) is 3.85. The van der Waals surface area contributed by atoms with Gasteiger partial charge in [0.1, 0.15) is 11.8 Å². The van der Waals surface area contributed by atoms with Crippen molar-refractivity contribution in [1.29, 1.82) is 0 Å². The highest BCUT2D eigenvalue weighted by atomic mass is 35.5. The molecule has 1 aliphatic rings. The highest BCUT2D eigenvalue weighted by molar-refractivity contribution is 6.29. The molecular formula is C11H16ClN3O. The normalized spacial score (nSPS) is 16.6. The fourth-order valence-corrected chi connectivity index (χ4v) is 2.06. The first-order chi connectivity index (χ1) is 7.74. The molecule has 2 N–H and O–H groups in total. The molecule has 5 heteroatoms. The number of nitrogens with zero attached hydrogens (tertiary/aromatic N) is 2. The number of nitrogens with two attached hydrogens (primary N) is 1. The van der Waals surface area contributed by atoms with Crippen LogP contribution >= 0.6 is 11.6 Å². The quantitative estimate of drug-likeness (QED) is 0.817. The standard InChI is InChI=1S/C11H16ClN3O/c12-10-7-9(13)8-11(14-10)16-6-5-15-3-1-2-4-15/h7-8H,1-6H2,(H2,13,14). The lowest BCUT2D eigenvalue weighted by Gasteiger charge is -2.14. The second-order valence-corrected chi connectivity index (χ2v) is 4.35. The number of hydrogen-bond donors (Lipinski definition) is 1. The summed E-state index contributed by atoms with van der Waals surface area (Å²) in [6.07, 6.45) is 2.59. The second-order valence-electron chi connectivity index (χ2n) is 3.96. The molecule has 0 bridgehead atoms. The fraction of sp³-hybridized carbons (Fsp3) is 0.545. The molecule has 0 saturated carbocycles. The van der Waals surface area contributed by atoms with Crippen LogP contribution in [0.3, 0.4) is 0 Å². The van der Waals surface area contributed by atoms with Gasteiger partial charge in [-0.2, -0.15) is 0 Å². The monoisotopic (exact) mass is 241 g/mol. The molecule has 0 aliphatic carbocycles. The highest BCUT2D eigenvalue weighted by Gasteiger charge is 2.11. The summed E-state index contributed by atoms with van der Waals surface area (Å²) in [6.45, 7) is 3.92. The number of halogens is 1. The second kappa shape index (κ2) is 5.37. The van der Waals surface area contributed by atoms with Crippen molar-refractivity contribution in [3.63, 3.8) is 0 Å². The van der Waals surface area contributed by atoms with Crippen LogP contribution in [0.1, 0.15) is 12.8 Å². The first-order valence-electron chi connectivity index (χ1n) is 5.52. The predicted molar refractivity (Wildman–Crippen MR) is 64.8 cm³/mol. The number of pyridine rings is 1. The third-order valence-corrected chi connectivity index (χ3v) is 2.84. The zero-order valence-corrected chi connectivity index (χ0v) is 9.91. The van der Waals surface area contributed by atoms with Crippen molar-refractivity contribution in [2.75, 3.05) is 32.0 Å². The molecule has 0 aromatic carbocycles. The molecule has 2 heterocycles. The van der Waals surface area contributed by atoms with E-state index in [0.717, 1.165) is 6.54 Å². The summed E-state index contributed by atoms with van der Waals surface area (Å²) in [5, 5.41) is 0.371. The molecule has 0 spiro atoms. The van der Waals surface area contributed by atoms with E-state index < -0.39 is 0 Å². The number of hydrogen-bond acceptors (Lipinski definition) is 4. The number of anilines is 1. The minimum atomic E-state index is 0.371. The molecule has 0 unspecified atom stereocenters. The number of likely N-dealkylation sites (tertiary alicyclic amines) is 1. The van der Waals surface area contributed by atoms with E-state index in [0.29, 0.717) is 23.3 Å². The third-order valence-electron chi connectivity index (χ3n) is 2.65. The van der Waals surface area contributed by atoms with Crippen LogP contribution in [-0.2, 0) is 0 Å². The molecule has 0 amide bonds. The van der Waals surface area contributed by atoms with E-state index in [1.165, 1.54) is 25.9 Å². The molecule has 16 heavy (non-hydrogen) atoms. The molecule has 1 aliphatic heterocycles. The van der Waals surface area contributed by atoms with E-state index in [-0.39, 0.29) is 0 Å². The Morgan fingerprint density at radius 2 is 2.12 bits per heavy atom. The van der Waals surface area contributed by atoms with Crippen molar-refractivity contribution >= 4 is 17.3 Å². The molecule has 1 saturated heterocycles. The minimum absolute atomic E-state index is 0.371. The van der Waals surface area contributed by atoms with Gasteiger partial charge in [0.25, 0.3) is 0 Å². The zero-order valence-electron chi connectivity index (χ0n) is 9.16.